The zero-order chi connectivity index (χ0) is 17.7. The van der Waals surface area contributed by atoms with Crippen LogP contribution < -0.4 is 10.9 Å². The molecule has 1 unspecified atom stereocenters. The summed E-state index contributed by atoms with van der Waals surface area (Å²) in [5.41, 5.74) is 0.334. The van der Waals surface area contributed by atoms with Crippen LogP contribution in [0.15, 0.2) is 45.7 Å². The van der Waals surface area contributed by atoms with Crippen molar-refractivity contribution in [2.75, 3.05) is 0 Å². The monoisotopic (exact) mass is 332 g/mol. The lowest BCUT2D eigenvalue weighted by Crippen LogP contribution is -2.31. The van der Waals surface area contributed by atoms with Gasteiger partial charge in [0.1, 0.15) is 0 Å². The molecule has 0 radical (unpaired) electrons. The predicted molar refractivity (Wildman–Crippen MR) is 86.4 cm³/mol. The van der Waals surface area contributed by atoms with Crippen LogP contribution in [-0.4, -0.2) is 22.7 Å². The summed E-state index contributed by atoms with van der Waals surface area (Å²) in [5.74, 6) is -1.10. The minimum Gasteiger partial charge on any atom is -0.463 e. The number of hydrogen-bond acceptors (Lipinski definition) is 5. The highest BCUT2D eigenvalue weighted by molar-refractivity contribution is 5.91. The number of esters is 1. The van der Waals surface area contributed by atoms with Gasteiger partial charge in [-0.3, -0.25) is 14.4 Å². The molecule has 2 rings (SSSR count). The number of ether oxygens (including phenoxy) is 1. The third kappa shape index (κ3) is 4.58. The number of rotatable bonds is 6. The number of aromatic nitrogens is 1. The number of carbonyl (C=O) groups excluding carboxylic acids is 2. The van der Waals surface area contributed by atoms with Crippen molar-refractivity contribution < 1.29 is 18.8 Å². The summed E-state index contributed by atoms with van der Waals surface area (Å²) in [4.78, 5) is 35.7. The smallest absolute Gasteiger partial charge is 0.308 e. The molecule has 0 fully saturated rings. The molecule has 0 bridgehead atoms. The van der Waals surface area contributed by atoms with Gasteiger partial charge in [-0.2, -0.15) is 4.74 Å². The zero-order valence-electron chi connectivity index (χ0n) is 13.8. The Morgan fingerprint density at radius 1 is 1.25 bits per heavy atom. The maximum absolute atomic E-state index is 12.3. The van der Waals surface area contributed by atoms with Gasteiger partial charge in [-0.1, -0.05) is 30.3 Å². The van der Waals surface area contributed by atoms with E-state index in [0.29, 0.717) is 0 Å². The van der Waals surface area contributed by atoms with E-state index in [2.05, 4.69) is 5.32 Å². The van der Waals surface area contributed by atoms with Crippen molar-refractivity contribution in [1.82, 2.24) is 10.1 Å². The highest BCUT2D eigenvalue weighted by Crippen LogP contribution is 2.18. The second kappa shape index (κ2) is 7.63. The van der Waals surface area contributed by atoms with Crippen molar-refractivity contribution in [2.24, 2.45) is 7.05 Å². The van der Waals surface area contributed by atoms with Crippen molar-refractivity contribution in [2.45, 2.75) is 32.4 Å². The highest BCUT2D eigenvalue weighted by Gasteiger charge is 2.22. The van der Waals surface area contributed by atoms with Gasteiger partial charge in [0.15, 0.2) is 0 Å². The standard InChI is InChI=1S/C17H20N2O5/c1-11(2)23-16(21)9-13(12-7-5-4-6-8-12)18-17(22)14-10-15(20)19(3)24-14/h4-8,10-11,13H,9H2,1-3H3,(H,18,22). The molecule has 24 heavy (non-hydrogen) atoms. The number of benzene rings is 1. The molecule has 1 amide bonds. The van der Waals surface area contributed by atoms with Crippen molar-refractivity contribution in [3.05, 3.63) is 58.1 Å². The van der Waals surface area contributed by atoms with Crippen LogP contribution in [0.5, 0.6) is 0 Å². The Kier molecular flexibility index (Phi) is 5.57. The van der Waals surface area contributed by atoms with E-state index >= 15 is 0 Å². The third-order valence-corrected chi connectivity index (χ3v) is 3.27. The number of amides is 1. The molecule has 1 heterocycles. The maximum Gasteiger partial charge on any atom is 0.308 e. The molecule has 0 saturated carbocycles. The van der Waals surface area contributed by atoms with Crippen molar-refractivity contribution in [3.63, 3.8) is 0 Å². The van der Waals surface area contributed by atoms with Crippen LogP contribution >= 0.6 is 0 Å². The molecule has 1 N–H and O–H groups in total. The predicted octanol–water partition coefficient (Wildman–Crippen LogP) is 1.79. The fraction of sp³-hybridized carbons (Fsp3) is 0.353. The first kappa shape index (κ1) is 17.5. The van der Waals surface area contributed by atoms with Gasteiger partial charge in [0.2, 0.25) is 5.76 Å². The van der Waals surface area contributed by atoms with Crippen molar-refractivity contribution in [1.29, 1.82) is 0 Å². The normalized spacial score (nSPS) is 12.0. The number of nitrogens with zero attached hydrogens (tertiary/aromatic N) is 1. The third-order valence-electron chi connectivity index (χ3n) is 3.27. The molecule has 1 atom stereocenters. The molecule has 2 aromatic rings. The second-order valence-electron chi connectivity index (χ2n) is 5.62. The van der Waals surface area contributed by atoms with E-state index in [9.17, 15) is 14.4 Å². The fourth-order valence-electron chi connectivity index (χ4n) is 2.17. The average Bonchev–Trinajstić information content (AvgIpc) is 2.86. The van der Waals surface area contributed by atoms with Gasteiger partial charge >= 0.3 is 5.97 Å². The lowest BCUT2D eigenvalue weighted by molar-refractivity contribution is -0.147. The Labute approximate surface area is 139 Å². The van der Waals surface area contributed by atoms with Crippen LogP contribution in [0.1, 0.15) is 42.4 Å². The molecule has 0 aliphatic carbocycles. The van der Waals surface area contributed by atoms with Gasteiger partial charge in [-0.05, 0) is 19.4 Å². The summed E-state index contributed by atoms with van der Waals surface area (Å²) in [6, 6.07) is 9.57. The van der Waals surface area contributed by atoms with Crippen LogP contribution in [0.2, 0.25) is 0 Å². The van der Waals surface area contributed by atoms with E-state index in [0.717, 1.165) is 16.4 Å². The van der Waals surface area contributed by atoms with E-state index in [1.807, 2.05) is 18.2 Å². The van der Waals surface area contributed by atoms with Crippen LogP contribution in [0.3, 0.4) is 0 Å². The summed E-state index contributed by atoms with van der Waals surface area (Å²) >= 11 is 0. The molecular weight excluding hydrogens is 312 g/mol. The fourth-order valence-corrected chi connectivity index (χ4v) is 2.17. The zero-order valence-corrected chi connectivity index (χ0v) is 13.8. The van der Waals surface area contributed by atoms with Crippen molar-refractivity contribution >= 4 is 11.9 Å². The van der Waals surface area contributed by atoms with Gasteiger partial charge in [0.25, 0.3) is 11.5 Å². The molecule has 0 aliphatic rings. The van der Waals surface area contributed by atoms with Gasteiger partial charge < -0.3 is 14.6 Å². The van der Waals surface area contributed by atoms with Crippen LogP contribution in [0.25, 0.3) is 0 Å². The van der Waals surface area contributed by atoms with Gasteiger partial charge in [-0.25, -0.2) is 0 Å². The quantitative estimate of drug-likeness (QED) is 0.815. The minimum absolute atomic E-state index is 0.0228. The van der Waals surface area contributed by atoms with E-state index in [1.165, 1.54) is 7.05 Å². The van der Waals surface area contributed by atoms with E-state index < -0.39 is 23.5 Å². The number of hydrogen-bond donors (Lipinski definition) is 1. The molecule has 128 valence electrons. The van der Waals surface area contributed by atoms with Crippen LogP contribution in [0, 0.1) is 0 Å². The molecule has 1 aromatic heterocycles. The van der Waals surface area contributed by atoms with E-state index in [1.54, 1.807) is 26.0 Å². The van der Waals surface area contributed by atoms with E-state index in [4.69, 9.17) is 9.26 Å². The largest absolute Gasteiger partial charge is 0.463 e. The lowest BCUT2D eigenvalue weighted by atomic mass is 10.0. The van der Waals surface area contributed by atoms with Crippen molar-refractivity contribution in [3.8, 4) is 0 Å². The Hall–Kier alpha value is -2.83. The first-order valence-electron chi connectivity index (χ1n) is 7.59. The Morgan fingerprint density at radius 3 is 2.46 bits per heavy atom. The summed E-state index contributed by atoms with van der Waals surface area (Å²) in [6.45, 7) is 3.51. The summed E-state index contributed by atoms with van der Waals surface area (Å²) < 4.78 is 11.2. The molecule has 7 heteroatoms. The number of aryl methyl sites for hydroxylation is 1. The summed E-state index contributed by atoms with van der Waals surface area (Å²) in [7, 11) is 1.41. The maximum atomic E-state index is 12.3. The van der Waals surface area contributed by atoms with Gasteiger partial charge in [-0.15, -0.1) is 0 Å². The Bertz CT molecular complexity index is 761. The first-order chi connectivity index (χ1) is 11.4. The SMILES string of the molecule is CC(C)OC(=O)CC(NC(=O)c1cc(=O)n(C)o1)c1ccccc1. The summed E-state index contributed by atoms with van der Waals surface area (Å²) in [5, 5.41) is 2.71. The average molecular weight is 332 g/mol. The minimum atomic E-state index is -0.588. The number of carbonyl (C=O) groups is 2. The van der Waals surface area contributed by atoms with Gasteiger partial charge in [0.05, 0.1) is 24.6 Å². The Balaban J connectivity index is 2.18. The van der Waals surface area contributed by atoms with Crippen LogP contribution in [0.4, 0.5) is 0 Å². The molecule has 0 spiro atoms. The number of nitrogens with one attached hydrogen (secondary N) is 1. The molecular formula is C17H20N2O5. The highest BCUT2D eigenvalue weighted by atomic mass is 16.5. The second-order valence-corrected chi connectivity index (χ2v) is 5.62. The van der Waals surface area contributed by atoms with E-state index in [-0.39, 0.29) is 18.3 Å². The first-order valence-corrected chi connectivity index (χ1v) is 7.59. The lowest BCUT2D eigenvalue weighted by Gasteiger charge is -2.18. The molecule has 7 nitrogen and oxygen atoms in total. The van der Waals surface area contributed by atoms with Gasteiger partial charge in [0, 0.05) is 7.05 Å². The Morgan fingerprint density at radius 2 is 1.92 bits per heavy atom. The topological polar surface area (TPSA) is 90.5 Å². The van der Waals surface area contributed by atoms with Crippen LogP contribution in [-0.2, 0) is 16.6 Å². The molecule has 1 aromatic carbocycles. The summed E-state index contributed by atoms with van der Waals surface area (Å²) in [6.07, 6.45) is -0.262. The molecule has 0 saturated heterocycles. The molecule has 0 aliphatic heterocycles.